The smallest absolute Gasteiger partial charge is 0.193 e. The lowest BCUT2D eigenvalue weighted by molar-refractivity contribution is 0.111. The van der Waals surface area contributed by atoms with Gasteiger partial charge in [0.05, 0.1) is 12.8 Å². The summed E-state index contributed by atoms with van der Waals surface area (Å²) in [5.41, 5.74) is 4.98. The van der Waals surface area contributed by atoms with Crippen LogP contribution in [0.5, 0.6) is 5.75 Å². The fourth-order valence-corrected chi connectivity index (χ4v) is 2.22. The zero-order valence-electron chi connectivity index (χ0n) is 11.5. The van der Waals surface area contributed by atoms with Crippen LogP contribution in [0.15, 0.2) is 18.3 Å². The number of methoxy groups -OCH3 is 1. The lowest BCUT2D eigenvalue weighted by Crippen LogP contribution is -1.99. The number of aromatic nitrogens is 2. The Morgan fingerprint density at radius 3 is 2.58 bits per heavy atom. The predicted molar refractivity (Wildman–Crippen MR) is 73.6 cm³/mol. The summed E-state index contributed by atoms with van der Waals surface area (Å²) in [7, 11) is 1.67. The van der Waals surface area contributed by atoms with Crippen molar-refractivity contribution in [1.82, 2.24) is 9.97 Å². The van der Waals surface area contributed by atoms with Gasteiger partial charge in [-0.1, -0.05) is 0 Å². The first kappa shape index (κ1) is 13.2. The molecule has 1 aromatic heterocycles. The van der Waals surface area contributed by atoms with Gasteiger partial charge in [-0.15, -0.1) is 0 Å². The Morgan fingerprint density at radius 1 is 1.21 bits per heavy atom. The molecule has 1 aromatic carbocycles. The number of aldehydes is 1. The molecule has 2 rings (SSSR count). The molecule has 0 aliphatic heterocycles. The molecule has 1 heterocycles. The maximum absolute atomic E-state index is 10.8. The third-order valence-corrected chi connectivity index (χ3v) is 3.29. The number of nitrogens with zero attached hydrogens (tertiary/aromatic N) is 2. The summed E-state index contributed by atoms with van der Waals surface area (Å²) < 4.78 is 5.40. The quantitative estimate of drug-likeness (QED) is 0.792. The van der Waals surface area contributed by atoms with E-state index in [4.69, 9.17) is 4.74 Å². The highest BCUT2D eigenvalue weighted by atomic mass is 16.5. The van der Waals surface area contributed by atoms with E-state index in [2.05, 4.69) is 9.97 Å². The molecule has 0 aliphatic rings. The number of hydrogen-bond donors (Lipinski definition) is 0. The van der Waals surface area contributed by atoms with Crippen molar-refractivity contribution in [3.8, 4) is 17.0 Å². The number of ether oxygens (including phenoxy) is 1. The molecule has 0 amide bonds. The molecule has 0 saturated carbocycles. The number of carbonyl (C=O) groups excluding carboxylic acids is 1. The summed E-state index contributed by atoms with van der Waals surface area (Å²) in [6, 6.07) is 3.83. The SMILES string of the molecule is COc1c(C)cc(-c2ccnc(C=O)n2)c(C)c1C. The van der Waals surface area contributed by atoms with Gasteiger partial charge in [-0.25, -0.2) is 9.97 Å². The molecule has 98 valence electrons. The second kappa shape index (κ2) is 5.18. The fraction of sp³-hybridized carbons (Fsp3) is 0.267. The normalized spacial score (nSPS) is 10.3. The zero-order chi connectivity index (χ0) is 14.0. The van der Waals surface area contributed by atoms with Crippen molar-refractivity contribution in [3.63, 3.8) is 0 Å². The highest BCUT2D eigenvalue weighted by molar-refractivity contribution is 5.73. The largest absolute Gasteiger partial charge is 0.496 e. The fourth-order valence-electron chi connectivity index (χ4n) is 2.22. The standard InChI is InChI=1S/C15H16N2O2/c1-9-7-12(10(2)11(3)15(9)19-4)13-5-6-16-14(8-18)17-13/h5-8H,1-4H3. The molecular formula is C15H16N2O2. The van der Waals surface area contributed by atoms with E-state index < -0.39 is 0 Å². The molecule has 4 nitrogen and oxygen atoms in total. The second-order valence-corrected chi connectivity index (χ2v) is 4.44. The van der Waals surface area contributed by atoms with E-state index in [1.165, 1.54) is 0 Å². The van der Waals surface area contributed by atoms with Crippen LogP contribution >= 0.6 is 0 Å². The van der Waals surface area contributed by atoms with Gasteiger partial charge in [0, 0.05) is 11.8 Å². The Balaban J connectivity index is 2.65. The number of carbonyl (C=O) groups is 1. The molecule has 0 bridgehead atoms. The van der Waals surface area contributed by atoms with Gasteiger partial charge < -0.3 is 4.74 Å². The lowest BCUT2D eigenvalue weighted by atomic mass is 9.96. The Hall–Kier alpha value is -2.23. The van der Waals surface area contributed by atoms with Gasteiger partial charge in [0.1, 0.15) is 5.75 Å². The van der Waals surface area contributed by atoms with Crippen LogP contribution in [0.1, 0.15) is 27.3 Å². The van der Waals surface area contributed by atoms with Gasteiger partial charge in [0.15, 0.2) is 12.1 Å². The first-order chi connectivity index (χ1) is 9.08. The van der Waals surface area contributed by atoms with E-state index in [1.54, 1.807) is 19.4 Å². The van der Waals surface area contributed by atoms with Crippen LogP contribution in [0.2, 0.25) is 0 Å². The summed E-state index contributed by atoms with van der Waals surface area (Å²) in [4.78, 5) is 18.9. The predicted octanol–water partition coefficient (Wildman–Crippen LogP) is 2.89. The van der Waals surface area contributed by atoms with E-state index in [0.717, 1.165) is 33.7 Å². The summed E-state index contributed by atoms with van der Waals surface area (Å²) >= 11 is 0. The molecule has 0 saturated heterocycles. The van der Waals surface area contributed by atoms with E-state index in [9.17, 15) is 4.79 Å². The lowest BCUT2D eigenvalue weighted by Gasteiger charge is -2.15. The van der Waals surface area contributed by atoms with E-state index in [1.807, 2.05) is 26.8 Å². The van der Waals surface area contributed by atoms with Crippen molar-refractivity contribution in [2.24, 2.45) is 0 Å². The van der Waals surface area contributed by atoms with Crippen LogP contribution < -0.4 is 4.74 Å². The Morgan fingerprint density at radius 2 is 1.95 bits per heavy atom. The maximum Gasteiger partial charge on any atom is 0.193 e. The molecule has 19 heavy (non-hydrogen) atoms. The van der Waals surface area contributed by atoms with Crippen molar-refractivity contribution >= 4 is 6.29 Å². The van der Waals surface area contributed by atoms with Crippen LogP contribution in [0.3, 0.4) is 0 Å². The van der Waals surface area contributed by atoms with Crippen LogP contribution in [-0.2, 0) is 0 Å². The second-order valence-electron chi connectivity index (χ2n) is 4.44. The molecule has 0 atom stereocenters. The summed E-state index contributed by atoms with van der Waals surface area (Å²) in [6.45, 7) is 6.04. The minimum absolute atomic E-state index is 0.197. The van der Waals surface area contributed by atoms with Crippen LogP contribution in [0.4, 0.5) is 0 Å². The Bertz CT molecular complexity index is 636. The zero-order valence-corrected chi connectivity index (χ0v) is 11.5. The van der Waals surface area contributed by atoms with Gasteiger partial charge in [0.25, 0.3) is 0 Å². The van der Waals surface area contributed by atoms with Gasteiger partial charge in [-0.05, 0) is 49.6 Å². The first-order valence-electron chi connectivity index (χ1n) is 6.02. The van der Waals surface area contributed by atoms with E-state index in [-0.39, 0.29) is 5.82 Å². The van der Waals surface area contributed by atoms with Gasteiger partial charge in [0.2, 0.25) is 0 Å². The van der Waals surface area contributed by atoms with E-state index >= 15 is 0 Å². The molecule has 4 heteroatoms. The van der Waals surface area contributed by atoms with Crippen LogP contribution in [-0.4, -0.2) is 23.4 Å². The number of rotatable bonds is 3. The van der Waals surface area contributed by atoms with Crippen molar-refractivity contribution in [2.75, 3.05) is 7.11 Å². The number of aryl methyl sites for hydroxylation is 1. The number of benzene rings is 1. The highest BCUT2D eigenvalue weighted by Gasteiger charge is 2.13. The molecule has 0 fully saturated rings. The third-order valence-electron chi connectivity index (χ3n) is 3.29. The van der Waals surface area contributed by atoms with Gasteiger partial charge >= 0.3 is 0 Å². The van der Waals surface area contributed by atoms with E-state index in [0.29, 0.717) is 6.29 Å². The monoisotopic (exact) mass is 256 g/mol. The molecular weight excluding hydrogens is 240 g/mol. The average Bonchev–Trinajstić information content (AvgIpc) is 2.43. The van der Waals surface area contributed by atoms with Gasteiger partial charge in [-0.3, -0.25) is 4.79 Å². The average molecular weight is 256 g/mol. The maximum atomic E-state index is 10.8. The van der Waals surface area contributed by atoms with Crippen LogP contribution in [0.25, 0.3) is 11.3 Å². The minimum atomic E-state index is 0.197. The molecule has 0 unspecified atom stereocenters. The first-order valence-corrected chi connectivity index (χ1v) is 6.02. The molecule has 0 aliphatic carbocycles. The third kappa shape index (κ3) is 2.34. The summed E-state index contributed by atoms with van der Waals surface area (Å²) in [5, 5.41) is 0. The number of hydrogen-bond acceptors (Lipinski definition) is 4. The van der Waals surface area contributed by atoms with Crippen molar-refractivity contribution in [3.05, 3.63) is 40.8 Å². The molecule has 0 spiro atoms. The Labute approximate surface area is 112 Å². The van der Waals surface area contributed by atoms with Gasteiger partial charge in [-0.2, -0.15) is 0 Å². The van der Waals surface area contributed by atoms with Crippen molar-refractivity contribution < 1.29 is 9.53 Å². The molecule has 2 aromatic rings. The molecule has 0 radical (unpaired) electrons. The van der Waals surface area contributed by atoms with Crippen molar-refractivity contribution in [1.29, 1.82) is 0 Å². The molecule has 0 N–H and O–H groups in total. The minimum Gasteiger partial charge on any atom is -0.496 e. The summed E-state index contributed by atoms with van der Waals surface area (Å²) in [6.07, 6.45) is 2.25. The van der Waals surface area contributed by atoms with Crippen molar-refractivity contribution in [2.45, 2.75) is 20.8 Å². The van der Waals surface area contributed by atoms with Crippen LogP contribution in [0, 0.1) is 20.8 Å². The summed E-state index contributed by atoms with van der Waals surface area (Å²) in [5.74, 6) is 1.09. The highest BCUT2D eigenvalue weighted by Crippen LogP contribution is 2.33. The Kier molecular flexibility index (Phi) is 3.60. The topological polar surface area (TPSA) is 52.1 Å².